The Morgan fingerprint density at radius 2 is 1.49 bits per heavy atom. The van der Waals surface area contributed by atoms with Crippen LogP contribution in [0.1, 0.15) is 157 Å². The highest BCUT2D eigenvalue weighted by Crippen LogP contribution is 2.71. The van der Waals surface area contributed by atoms with E-state index in [0.717, 1.165) is 19.3 Å². The molecule has 276 valence electrons. The molecule has 0 radical (unpaired) electrons. The highest BCUT2D eigenvalue weighted by atomic mass is 19.1. The number of fused-ring (bicyclic) bond motifs is 5. The standard InChI is InChI=1S/C41H63FO7/c1-6-8-9-10-11-12-13-14-15-16-17-18-19-20-37(47)48-28-35(45)41(49-36(46)7-2)29(3)25-33-32-22-21-30-26-31(43)23-24-38(30,4)40(32,42)34(44)27-39(33,41)5/h23-24,26,29,32-34,44H,6-22,25,27-28H2,1-5H3/t29-,32+,33+,34+,38+,39+,40+,41+/m1/s1. The Balaban J connectivity index is 1.35. The predicted octanol–water partition coefficient (Wildman–Crippen LogP) is 8.89. The number of carbonyl (C=O) groups is 4. The number of aliphatic hydroxyl groups excluding tert-OH is 1. The molecule has 0 spiro atoms. The van der Waals surface area contributed by atoms with Crippen molar-refractivity contribution in [3.63, 3.8) is 0 Å². The van der Waals surface area contributed by atoms with Crippen molar-refractivity contribution in [1.29, 1.82) is 0 Å². The summed E-state index contributed by atoms with van der Waals surface area (Å²) in [5, 5.41) is 11.7. The lowest BCUT2D eigenvalue weighted by Crippen LogP contribution is -2.70. The van der Waals surface area contributed by atoms with E-state index in [0.29, 0.717) is 31.3 Å². The number of esters is 2. The summed E-state index contributed by atoms with van der Waals surface area (Å²) in [7, 11) is 0. The maximum atomic E-state index is 17.6. The lowest BCUT2D eigenvalue weighted by atomic mass is 9.44. The van der Waals surface area contributed by atoms with Crippen LogP contribution in [0.4, 0.5) is 4.39 Å². The van der Waals surface area contributed by atoms with Gasteiger partial charge < -0.3 is 14.6 Å². The first-order valence-electron chi connectivity index (χ1n) is 19.5. The number of aliphatic hydroxyl groups is 1. The van der Waals surface area contributed by atoms with E-state index in [1.807, 2.05) is 13.8 Å². The van der Waals surface area contributed by atoms with Crippen LogP contribution in [0.25, 0.3) is 0 Å². The summed E-state index contributed by atoms with van der Waals surface area (Å²) in [6, 6.07) is 0. The quantitative estimate of drug-likeness (QED) is 0.107. The van der Waals surface area contributed by atoms with Crippen LogP contribution in [0.15, 0.2) is 23.8 Å². The summed E-state index contributed by atoms with van der Waals surface area (Å²) in [5.74, 6) is -3.18. The topological polar surface area (TPSA) is 107 Å². The number of alkyl halides is 1. The molecule has 7 nitrogen and oxygen atoms in total. The largest absolute Gasteiger partial charge is 0.457 e. The molecule has 8 atom stereocenters. The Morgan fingerprint density at radius 3 is 2.08 bits per heavy atom. The zero-order valence-corrected chi connectivity index (χ0v) is 31.0. The number of ketones is 2. The van der Waals surface area contributed by atoms with Gasteiger partial charge in [0.2, 0.25) is 5.78 Å². The second kappa shape index (κ2) is 16.8. The zero-order chi connectivity index (χ0) is 35.9. The minimum absolute atomic E-state index is 0.0470. The Morgan fingerprint density at radius 1 is 0.898 bits per heavy atom. The Kier molecular flexibility index (Phi) is 13.5. The number of allylic oxidation sites excluding steroid dienone is 4. The molecule has 4 aliphatic rings. The summed E-state index contributed by atoms with van der Waals surface area (Å²) in [5.41, 5.74) is -5.29. The third kappa shape index (κ3) is 7.65. The second-order valence-electron chi connectivity index (χ2n) is 16.0. The van der Waals surface area contributed by atoms with Crippen LogP contribution in [-0.4, -0.2) is 52.6 Å². The molecule has 0 heterocycles. The SMILES string of the molecule is CCCCCCCCCCCCCCCC(=O)OCC(=O)[C@@]1(OC(=O)CC)[C@H](C)C[C@H]2[C@@H]3CCC4=CC(=O)C=C[C@]4(C)[C@@]3(F)[C@@H](O)C[C@@]21C. The van der Waals surface area contributed by atoms with Crippen molar-refractivity contribution in [2.45, 2.75) is 174 Å². The van der Waals surface area contributed by atoms with Crippen LogP contribution < -0.4 is 0 Å². The fraction of sp³-hybridized carbons (Fsp3) is 0.805. The average molecular weight is 687 g/mol. The van der Waals surface area contributed by atoms with Crippen molar-refractivity contribution in [2.75, 3.05) is 6.61 Å². The van der Waals surface area contributed by atoms with Crippen LogP contribution in [0.2, 0.25) is 0 Å². The number of unbranched alkanes of at least 4 members (excludes halogenated alkanes) is 12. The van der Waals surface area contributed by atoms with Crippen molar-refractivity contribution < 1.29 is 38.1 Å². The molecule has 0 aliphatic heterocycles. The summed E-state index contributed by atoms with van der Waals surface area (Å²) in [6.07, 6.45) is 20.1. The first-order chi connectivity index (χ1) is 23.3. The predicted molar refractivity (Wildman–Crippen MR) is 188 cm³/mol. The van der Waals surface area contributed by atoms with Gasteiger partial charge in [0, 0.05) is 35.5 Å². The molecule has 0 aromatic rings. The highest BCUT2D eigenvalue weighted by molar-refractivity contribution is 6.01. The molecule has 3 saturated carbocycles. The van der Waals surface area contributed by atoms with Crippen LogP contribution in [0.5, 0.6) is 0 Å². The van der Waals surface area contributed by atoms with Gasteiger partial charge in [-0.05, 0) is 57.1 Å². The molecule has 0 unspecified atom stereocenters. The second-order valence-corrected chi connectivity index (χ2v) is 16.0. The maximum Gasteiger partial charge on any atom is 0.306 e. The maximum absolute atomic E-state index is 17.6. The molecule has 4 aliphatic carbocycles. The molecule has 8 heteroatoms. The first kappa shape index (κ1) is 39.4. The van der Waals surface area contributed by atoms with E-state index in [4.69, 9.17) is 9.47 Å². The smallest absolute Gasteiger partial charge is 0.306 e. The third-order valence-electron chi connectivity index (χ3n) is 13.0. The van der Waals surface area contributed by atoms with Crippen LogP contribution in [0.3, 0.4) is 0 Å². The van der Waals surface area contributed by atoms with Crippen molar-refractivity contribution in [3.8, 4) is 0 Å². The fourth-order valence-electron chi connectivity index (χ4n) is 10.3. The van der Waals surface area contributed by atoms with Gasteiger partial charge in [-0.3, -0.25) is 19.2 Å². The summed E-state index contributed by atoms with van der Waals surface area (Å²) in [4.78, 5) is 52.2. The number of halogens is 1. The fourth-order valence-corrected chi connectivity index (χ4v) is 10.3. The normalized spacial score (nSPS) is 34.8. The Labute approximate surface area is 294 Å². The van der Waals surface area contributed by atoms with Gasteiger partial charge in [-0.2, -0.15) is 0 Å². The summed E-state index contributed by atoms with van der Waals surface area (Å²) in [6.45, 7) is 8.81. The van der Waals surface area contributed by atoms with Gasteiger partial charge in [0.1, 0.15) is 0 Å². The van der Waals surface area contributed by atoms with Crippen LogP contribution in [-0.2, 0) is 28.7 Å². The van der Waals surface area contributed by atoms with E-state index < -0.39 is 64.4 Å². The molecule has 3 fully saturated rings. The third-order valence-corrected chi connectivity index (χ3v) is 13.0. The molecule has 0 aromatic carbocycles. The van der Waals surface area contributed by atoms with Gasteiger partial charge in [-0.1, -0.05) is 116 Å². The Hall–Kier alpha value is -2.35. The van der Waals surface area contributed by atoms with Crippen molar-refractivity contribution in [1.82, 2.24) is 0 Å². The number of Topliss-reactive ketones (excluding diaryl/α,β-unsaturated/α-hetero) is 1. The molecule has 0 saturated heterocycles. The van der Waals surface area contributed by atoms with E-state index in [1.165, 1.54) is 69.9 Å². The monoisotopic (exact) mass is 686 g/mol. The average Bonchev–Trinajstić information content (AvgIpc) is 3.28. The number of carbonyl (C=O) groups excluding carboxylic acids is 4. The van der Waals surface area contributed by atoms with E-state index >= 15 is 4.39 Å². The van der Waals surface area contributed by atoms with Crippen molar-refractivity contribution >= 4 is 23.5 Å². The molecular formula is C41H63FO7. The highest BCUT2D eigenvalue weighted by Gasteiger charge is 2.77. The molecule has 0 bridgehead atoms. The van der Waals surface area contributed by atoms with E-state index in [9.17, 15) is 24.3 Å². The van der Waals surface area contributed by atoms with Gasteiger partial charge in [0.15, 0.2) is 23.7 Å². The van der Waals surface area contributed by atoms with Crippen molar-refractivity contribution in [3.05, 3.63) is 23.8 Å². The number of ether oxygens (including phenoxy) is 2. The lowest BCUT2D eigenvalue weighted by Gasteiger charge is -2.62. The Bertz CT molecular complexity index is 1260. The van der Waals surface area contributed by atoms with Crippen LogP contribution >= 0.6 is 0 Å². The van der Waals surface area contributed by atoms with Gasteiger partial charge >= 0.3 is 11.9 Å². The summed E-state index contributed by atoms with van der Waals surface area (Å²) >= 11 is 0. The number of hydrogen-bond acceptors (Lipinski definition) is 7. The molecule has 0 aromatic heterocycles. The molecule has 49 heavy (non-hydrogen) atoms. The molecule has 0 amide bonds. The van der Waals surface area contributed by atoms with Gasteiger partial charge in [-0.15, -0.1) is 0 Å². The van der Waals surface area contributed by atoms with E-state index in [2.05, 4.69) is 6.92 Å². The van der Waals surface area contributed by atoms with E-state index in [-0.39, 0.29) is 31.0 Å². The van der Waals surface area contributed by atoms with Crippen molar-refractivity contribution in [2.24, 2.45) is 28.6 Å². The minimum Gasteiger partial charge on any atom is -0.457 e. The molecular weight excluding hydrogens is 623 g/mol. The number of rotatable bonds is 19. The van der Waals surface area contributed by atoms with Gasteiger partial charge in [0.25, 0.3) is 0 Å². The zero-order valence-electron chi connectivity index (χ0n) is 31.0. The van der Waals surface area contributed by atoms with Gasteiger partial charge in [-0.25, -0.2) is 4.39 Å². The first-order valence-corrected chi connectivity index (χ1v) is 19.5. The minimum atomic E-state index is -2.06. The molecule has 1 N–H and O–H groups in total. The van der Waals surface area contributed by atoms with Crippen LogP contribution in [0, 0.1) is 28.6 Å². The molecule has 4 rings (SSSR count). The van der Waals surface area contributed by atoms with E-state index in [1.54, 1.807) is 19.9 Å². The summed E-state index contributed by atoms with van der Waals surface area (Å²) < 4.78 is 29.3. The van der Waals surface area contributed by atoms with Gasteiger partial charge in [0.05, 0.1) is 6.10 Å². The number of hydrogen-bond donors (Lipinski definition) is 1. The lowest BCUT2D eigenvalue weighted by molar-refractivity contribution is -0.228.